The Morgan fingerprint density at radius 2 is 1.81 bits per heavy atom. The van der Waals surface area contributed by atoms with E-state index in [0.29, 0.717) is 12.1 Å². The number of rotatable bonds is 4. The van der Waals surface area contributed by atoms with Gasteiger partial charge in [-0.25, -0.2) is 0 Å². The molecule has 140 valence electrons. The highest BCUT2D eigenvalue weighted by Crippen LogP contribution is 2.48. The second kappa shape index (κ2) is 7.13. The Morgan fingerprint density at radius 1 is 1.11 bits per heavy atom. The topological polar surface area (TPSA) is 70.1 Å². The maximum Gasteiger partial charge on any atom is 0.258 e. The van der Waals surface area contributed by atoms with E-state index in [4.69, 9.17) is 4.74 Å². The Bertz CT molecular complexity index is 854. The molecule has 4 rings (SSSR count). The molecule has 0 bridgehead atoms. The zero-order valence-corrected chi connectivity index (χ0v) is 15.1. The molecule has 2 aromatic rings. The molecule has 2 aliphatic rings. The van der Waals surface area contributed by atoms with Crippen molar-refractivity contribution >= 4 is 17.5 Å². The first-order chi connectivity index (χ1) is 13.2. The minimum Gasteiger partial charge on any atom is -0.394 e. The van der Waals surface area contributed by atoms with Crippen molar-refractivity contribution in [2.75, 3.05) is 31.8 Å². The summed E-state index contributed by atoms with van der Waals surface area (Å²) in [5.74, 6) is -0.232. The van der Waals surface area contributed by atoms with E-state index in [1.54, 1.807) is 21.9 Å². The van der Waals surface area contributed by atoms with Crippen molar-refractivity contribution in [1.29, 1.82) is 0 Å². The number of nitrogens with zero attached hydrogens (tertiary/aromatic N) is 2. The Labute approximate surface area is 158 Å². The lowest BCUT2D eigenvalue weighted by Gasteiger charge is -2.58. The number of amides is 2. The second-order valence-corrected chi connectivity index (χ2v) is 6.92. The molecular weight excluding hydrogens is 344 g/mol. The number of ether oxygens (including phenoxy) is 1. The third-order valence-electron chi connectivity index (χ3n) is 5.51. The van der Waals surface area contributed by atoms with E-state index < -0.39 is 0 Å². The third kappa shape index (κ3) is 2.81. The number of carbonyl (C=O) groups is 2. The Morgan fingerprint density at radius 3 is 2.52 bits per heavy atom. The number of hydrogen-bond acceptors (Lipinski definition) is 4. The fraction of sp³-hybridized carbons (Fsp3) is 0.333. The molecule has 27 heavy (non-hydrogen) atoms. The van der Waals surface area contributed by atoms with Crippen LogP contribution in [-0.2, 0) is 9.53 Å². The molecule has 3 atom stereocenters. The van der Waals surface area contributed by atoms with Gasteiger partial charge in [0, 0.05) is 30.8 Å². The first-order valence-electron chi connectivity index (χ1n) is 9.04. The van der Waals surface area contributed by atoms with Gasteiger partial charge in [0.1, 0.15) is 6.61 Å². The number of fused-ring (bicyclic) bond motifs is 3. The number of aliphatic hydroxyl groups excluding tert-OH is 1. The molecule has 0 aliphatic carbocycles. The number of carbonyl (C=O) groups excluding carboxylic acids is 2. The molecule has 2 heterocycles. The molecule has 2 aliphatic heterocycles. The van der Waals surface area contributed by atoms with Crippen LogP contribution in [0.4, 0.5) is 5.69 Å². The van der Waals surface area contributed by atoms with Crippen molar-refractivity contribution in [3.8, 4) is 0 Å². The summed E-state index contributed by atoms with van der Waals surface area (Å²) in [7, 11) is 1.48. The van der Waals surface area contributed by atoms with Gasteiger partial charge >= 0.3 is 0 Å². The molecule has 0 spiro atoms. The zero-order chi connectivity index (χ0) is 19.0. The second-order valence-electron chi connectivity index (χ2n) is 6.92. The summed E-state index contributed by atoms with van der Waals surface area (Å²) in [6.45, 7) is 0.257. The first kappa shape index (κ1) is 17.7. The van der Waals surface area contributed by atoms with Gasteiger partial charge in [0.25, 0.3) is 5.91 Å². The van der Waals surface area contributed by atoms with Gasteiger partial charge in [0.15, 0.2) is 0 Å². The van der Waals surface area contributed by atoms with Gasteiger partial charge < -0.3 is 19.6 Å². The van der Waals surface area contributed by atoms with Crippen LogP contribution in [0.5, 0.6) is 0 Å². The smallest absolute Gasteiger partial charge is 0.258 e. The maximum absolute atomic E-state index is 13.1. The molecule has 0 saturated carbocycles. The predicted molar refractivity (Wildman–Crippen MR) is 101 cm³/mol. The molecule has 1 fully saturated rings. The summed E-state index contributed by atoms with van der Waals surface area (Å²) in [5, 5.41) is 9.88. The van der Waals surface area contributed by atoms with Gasteiger partial charge in [-0.3, -0.25) is 9.59 Å². The average molecular weight is 366 g/mol. The molecule has 2 aromatic carbocycles. The molecule has 0 radical (unpaired) electrons. The molecule has 1 N–H and O–H groups in total. The zero-order valence-electron chi connectivity index (χ0n) is 15.1. The van der Waals surface area contributed by atoms with Crippen molar-refractivity contribution in [2.45, 2.75) is 18.0 Å². The van der Waals surface area contributed by atoms with Crippen LogP contribution < -0.4 is 4.90 Å². The van der Waals surface area contributed by atoms with Crippen LogP contribution in [0.3, 0.4) is 0 Å². The number of benzene rings is 2. The van der Waals surface area contributed by atoms with E-state index in [1.165, 1.54) is 7.11 Å². The SMILES string of the molecule is COCC(=O)N1[C@H](CO)[C@@H]2c3ccccc3N(C(=O)c3ccccc3)C[C@@H]21. The van der Waals surface area contributed by atoms with Gasteiger partial charge in [0.2, 0.25) is 5.91 Å². The third-order valence-corrected chi connectivity index (χ3v) is 5.51. The van der Waals surface area contributed by atoms with E-state index in [9.17, 15) is 14.7 Å². The monoisotopic (exact) mass is 366 g/mol. The van der Waals surface area contributed by atoms with E-state index in [0.717, 1.165) is 11.3 Å². The number of likely N-dealkylation sites (tertiary alicyclic amines) is 1. The molecule has 1 saturated heterocycles. The standard InChI is InChI=1S/C21H22N2O4/c1-27-13-19(25)23-17-11-22(21(26)14-7-3-2-4-8-14)16-10-6-5-9-15(16)20(17)18(23)12-24/h2-10,17-18,20,24H,11-13H2,1H3/t17-,18+,20+/m0/s1. The van der Waals surface area contributed by atoms with E-state index in [-0.39, 0.29) is 43.0 Å². The summed E-state index contributed by atoms with van der Waals surface area (Å²) in [6, 6.07) is 16.4. The minimum absolute atomic E-state index is 0.0202. The molecule has 2 amide bonds. The Balaban J connectivity index is 1.72. The largest absolute Gasteiger partial charge is 0.394 e. The van der Waals surface area contributed by atoms with Crippen molar-refractivity contribution in [3.05, 3.63) is 65.7 Å². The summed E-state index contributed by atoms with van der Waals surface area (Å²) >= 11 is 0. The average Bonchev–Trinajstić information content (AvgIpc) is 2.68. The van der Waals surface area contributed by atoms with Gasteiger partial charge in [0.05, 0.1) is 18.7 Å². The van der Waals surface area contributed by atoms with Crippen LogP contribution in [-0.4, -0.2) is 60.8 Å². The lowest BCUT2D eigenvalue weighted by molar-refractivity contribution is -0.154. The van der Waals surface area contributed by atoms with E-state index in [1.807, 2.05) is 42.5 Å². The Kier molecular flexibility index (Phi) is 4.68. The normalized spacial score (nSPS) is 23.3. The fourth-order valence-corrected chi connectivity index (χ4v) is 4.36. The first-order valence-corrected chi connectivity index (χ1v) is 9.04. The lowest BCUT2D eigenvalue weighted by atomic mass is 9.72. The van der Waals surface area contributed by atoms with Crippen molar-refractivity contribution in [3.63, 3.8) is 0 Å². The molecule has 0 aromatic heterocycles. The van der Waals surface area contributed by atoms with E-state index in [2.05, 4.69) is 0 Å². The van der Waals surface area contributed by atoms with Crippen LogP contribution in [0.15, 0.2) is 54.6 Å². The van der Waals surface area contributed by atoms with Crippen molar-refractivity contribution < 1.29 is 19.4 Å². The van der Waals surface area contributed by atoms with Crippen LogP contribution >= 0.6 is 0 Å². The number of para-hydroxylation sites is 1. The number of anilines is 1. The van der Waals surface area contributed by atoms with Crippen molar-refractivity contribution in [2.24, 2.45) is 0 Å². The number of hydrogen-bond donors (Lipinski definition) is 1. The highest BCUT2D eigenvalue weighted by Gasteiger charge is 2.55. The summed E-state index contributed by atoms with van der Waals surface area (Å²) < 4.78 is 4.99. The van der Waals surface area contributed by atoms with Gasteiger partial charge in [-0.15, -0.1) is 0 Å². The van der Waals surface area contributed by atoms with Crippen LogP contribution in [0.2, 0.25) is 0 Å². The fourth-order valence-electron chi connectivity index (χ4n) is 4.36. The van der Waals surface area contributed by atoms with E-state index >= 15 is 0 Å². The van der Waals surface area contributed by atoms with Gasteiger partial charge in [-0.05, 0) is 23.8 Å². The Hall–Kier alpha value is -2.70. The van der Waals surface area contributed by atoms with Gasteiger partial charge in [-0.1, -0.05) is 36.4 Å². The quantitative estimate of drug-likeness (QED) is 0.893. The summed E-state index contributed by atoms with van der Waals surface area (Å²) in [4.78, 5) is 29.1. The molecule has 6 nitrogen and oxygen atoms in total. The molecule has 6 heteroatoms. The van der Waals surface area contributed by atoms with Crippen LogP contribution in [0.1, 0.15) is 21.8 Å². The summed E-state index contributed by atoms with van der Waals surface area (Å²) in [6.07, 6.45) is 0. The molecular formula is C21H22N2O4. The molecule has 0 unspecified atom stereocenters. The van der Waals surface area contributed by atoms with Crippen LogP contribution in [0.25, 0.3) is 0 Å². The highest BCUT2D eigenvalue weighted by molar-refractivity contribution is 6.07. The van der Waals surface area contributed by atoms with Gasteiger partial charge in [-0.2, -0.15) is 0 Å². The van der Waals surface area contributed by atoms with Crippen LogP contribution in [0, 0.1) is 0 Å². The minimum atomic E-state index is -0.284. The summed E-state index contributed by atoms with van der Waals surface area (Å²) in [5.41, 5.74) is 2.46. The predicted octanol–water partition coefficient (Wildman–Crippen LogP) is 1.65. The highest BCUT2D eigenvalue weighted by atomic mass is 16.5. The van der Waals surface area contributed by atoms with Crippen molar-refractivity contribution in [1.82, 2.24) is 4.90 Å². The maximum atomic E-state index is 13.1. The lowest BCUT2D eigenvalue weighted by Crippen LogP contribution is -2.71. The number of methoxy groups -OCH3 is 1. The number of aliphatic hydroxyl groups is 1.